The second-order valence-electron chi connectivity index (χ2n) is 6.24. The molecule has 27 heavy (non-hydrogen) atoms. The summed E-state index contributed by atoms with van der Waals surface area (Å²) in [4.78, 5) is 25.3. The molecule has 2 aromatic carbocycles. The van der Waals surface area contributed by atoms with E-state index in [1.165, 1.54) is 6.20 Å². The van der Waals surface area contributed by atoms with Crippen LogP contribution < -0.4 is 21.4 Å². The number of amides is 1. The average molecular weight is 384 g/mol. The van der Waals surface area contributed by atoms with Gasteiger partial charge in [0.25, 0.3) is 11.6 Å². The summed E-state index contributed by atoms with van der Waals surface area (Å²) in [7, 11) is 0. The minimum atomic E-state index is -0.547. The molecule has 0 fully saturated rings. The highest BCUT2D eigenvalue weighted by molar-refractivity contribution is 6.31. The highest BCUT2D eigenvalue weighted by Crippen LogP contribution is 2.22. The zero-order chi connectivity index (χ0) is 19.4. The van der Waals surface area contributed by atoms with Gasteiger partial charge in [-0.15, -0.1) is 10.1 Å². The van der Waals surface area contributed by atoms with Crippen molar-refractivity contribution >= 4 is 23.2 Å². The monoisotopic (exact) mass is 383 g/mol. The van der Waals surface area contributed by atoms with E-state index in [1.54, 1.807) is 17.1 Å². The largest absolute Gasteiger partial charge is 0.369 e. The van der Waals surface area contributed by atoms with E-state index in [2.05, 4.69) is 5.43 Å². The fourth-order valence-corrected chi connectivity index (χ4v) is 2.91. The second-order valence-corrected chi connectivity index (χ2v) is 6.65. The lowest BCUT2D eigenvalue weighted by Crippen LogP contribution is -2.55. The van der Waals surface area contributed by atoms with E-state index in [-0.39, 0.29) is 11.8 Å². The summed E-state index contributed by atoms with van der Waals surface area (Å²) in [6, 6.07) is 15.3. The molecule has 0 atom stereocenters. The van der Waals surface area contributed by atoms with Crippen molar-refractivity contribution in [3.63, 3.8) is 0 Å². The fourth-order valence-electron chi connectivity index (χ4n) is 2.74. The van der Waals surface area contributed by atoms with Crippen LogP contribution in [0, 0.1) is 6.92 Å². The summed E-state index contributed by atoms with van der Waals surface area (Å²) in [6.07, 6.45) is 2.94. The van der Waals surface area contributed by atoms with Crippen molar-refractivity contribution < 1.29 is 9.59 Å². The topological polar surface area (TPSA) is 81.0 Å². The van der Waals surface area contributed by atoms with Crippen LogP contribution in [0.3, 0.4) is 0 Å². The molecule has 1 amide bonds. The van der Waals surface area contributed by atoms with Gasteiger partial charge >= 0.3 is 0 Å². The SMILES string of the molecule is Cc1c(Cl)cccc1N[n+]1cc(=O)c(CC(N)=O)cn1Cc1ccccc1. The Bertz CT molecular complexity index is 1030. The third-order valence-corrected chi connectivity index (χ3v) is 4.60. The van der Waals surface area contributed by atoms with Crippen LogP contribution in [0.2, 0.25) is 5.02 Å². The van der Waals surface area contributed by atoms with Gasteiger partial charge in [-0.05, 0) is 30.2 Å². The van der Waals surface area contributed by atoms with Crippen LogP contribution >= 0.6 is 11.6 Å². The standard InChI is InChI=1S/C20H19ClN4O2/c1-14-17(21)8-5-9-18(14)23-25-13-19(26)16(10-20(22)27)12-24(25)11-15-6-3-2-4-7-15/h2-9,12-13H,10-11H2,1H3,(H2-,22,23,26,27)/p+1. The number of carbonyl (C=O) groups excluding carboxylic acids is 1. The predicted octanol–water partition coefficient (Wildman–Crippen LogP) is 2.05. The van der Waals surface area contributed by atoms with E-state index in [0.717, 1.165) is 16.8 Å². The van der Waals surface area contributed by atoms with Crippen molar-refractivity contribution in [2.45, 2.75) is 19.9 Å². The van der Waals surface area contributed by atoms with Gasteiger partial charge in [-0.1, -0.05) is 48.0 Å². The Morgan fingerprint density at radius 3 is 2.63 bits per heavy atom. The minimum Gasteiger partial charge on any atom is -0.369 e. The summed E-state index contributed by atoms with van der Waals surface area (Å²) in [5.41, 5.74) is 11.2. The number of hydrogen-bond donors (Lipinski definition) is 2. The Morgan fingerprint density at radius 2 is 1.93 bits per heavy atom. The molecule has 138 valence electrons. The Kier molecular flexibility index (Phi) is 5.57. The zero-order valence-electron chi connectivity index (χ0n) is 14.9. The summed E-state index contributed by atoms with van der Waals surface area (Å²) < 4.78 is 1.81. The van der Waals surface area contributed by atoms with Gasteiger partial charge in [0.2, 0.25) is 5.91 Å². The molecule has 0 aliphatic heterocycles. The average Bonchev–Trinajstić information content (AvgIpc) is 2.63. The third kappa shape index (κ3) is 4.54. The molecule has 0 saturated heterocycles. The number of nitrogens with zero attached hydrogens (tertiary/aromatic N) is 2. The van der Waals surface area contributed by atoms with Gasteiger partial charge in [-0.25, -0.2) is 0 Å². The van der Waals surface area contributed by atoms with E-state index in [0.29, 0.717) is 17.1 Å². The molecule has 0 aliphatic rings. The smallest absolute Gasteiger partial charge is 0.275 e. The molecule has 1 heterocycles. The maximum atomic E-state index is 12.4. The molecule has 0 aliphatic carbocycles. The second kappa shape index (κ2) is 8.05. The fraction of sp³-hybridized carbons (Fsp3) is 0.150. The van der Waals surface area contributed by atoms with Crippen LogP contribution in [0.4, 0.5) is 5.69 Å². The molecule has 1 aromatic heterocycles. The molecule has 3 aromatic rings. The first-order valence-electron chi connectivity index (χ1n) is 8.43. The first kappa shape index (κ1) is 18.7. The zero-order valence-corrected chi connectivity index (χ0v) is 15.6. The molecule has 0 spiro atoms. The van der Waals surface area contributed by atoms with E-state index in [9.17, 15) is 9.59 Å². The lowest BCUT2D eigenvalue weighted by atomic mass is 10.2. The molecular formula is C20H20ClN4O2+. The normalized spacial score (nSPS) is 10.6. The van der Waals surface area contributed by atoms with Crippen molar-refractivity contribution in [2.75, 3.05) is 5.43 Å². The molecule has 6 nitrogen and oxygen atoms in total. The van der Waals surface area contributed by atoms with Gasteiger partial charge in [0.15, 0.2) is 0 Å². The molecule has 3 N–H and O–H groups in total. The number of nitrogens with two attached hydrogens (primary N) is 1. The van der Waals surface area contributed by atoms with Crippen molar-refractivity contribution in [1.82, 2.24) is 4.68 Å². The van der Waals surface area contributed by atoms with Gasteiger partial charge in [0.05, 0.1) is 12.6 Å². The number of nitrogens with one attached hydrogen (secondary N) is 1. The molecule has 0 radical (unpaired) electrons. The van der Waals surface area contributed by atoms with E-state index >= 15 is 0 Å². The van der Waals surface area contributed by atoms with Crippen LogP contribution in [-0.2, 0) is 17.8 Å². The van der Waals surface area contributed by atoms with E-state index < -0.39 is 5.91 Å². The number of primary amides is 1. The lowest BCUT2D eigenvalue weighted by molar-refractivity contribution is -0.732. The number of aromatic nitrogens is 2. The summed E-state index contributed by atoms with van der Waals surface area (Å²) in [5.74, 6) is -0.547. The quantitative estimate of drug-likeness (QED) is 0.639. The molecule has 0 unspecified atom stereocenters. The third-order valence-electron chi connectivity index (χ3n) is 4.19. The number of benzene rings is 2. The summed E-state index contributed by atoms with van der Waals surface area (Å²) in [6.45, 7) is 2.39. The van der Waals surface area contributed by atoms with Crippen LogP contribution in [0.1, 0.15) is 16.7 Å². The summed E-state index contributed by atoms with van der Waals surface area (Å²) >= 11 is 6.19. The number of halogens is 1. The molecule has 0 bridgehead atoms. The maximum absolute atomic E-state index is 12.4. The van der Waals surface area contributed by atoms with Crippen molar-refractivity contribution in [1.29, 1.82) is 0 Å². The lowest BCUT2D eigenvalue weighted by Gasteiger charge is -2.11. The Labute approximate surface area is 161 Å². The first-order valence-corrected chi connectivity index (χ1v) is 8.81. The van der Waals surface area contributed by atoms with Gasteiger partial charge in [0.1, 0.15) is 12.2 Å². The van der Waals surface area contributed by atoms with E-state index in [4.69, 9.17) is 17.3 Å². The van der Waals surface area contributed by atoms with Crippen LogP contribution in [-0.4, -0.2) is 10.6 Å². The van der Waals surface area contributed by atoms with Gasteiger partial charge < -0.3 is 5.73 Å². The molecule has 7 heteroatoms. The molecule has 3 rings (SSSR count). The minimum absolute atomic E-state index is 0.106. The van der Waals surface area contributed by atoms with Gasteiger partial charge in [0, 0.05) is 15.4 Å². The highest BCUT2D eigenvalue weighted by Gasteiger charge is 2.17. The van der Waals surface area contributed by atoms with Crippen LogP contribution in [0.15, 0.2) is 65.7 Å². The van der Waals surface area contributed by atoms with Crippen LogP contribution in [0.25, 0.3) is 0 Å². The maximum Gasteiger partial charge on any atom is 0.275 e. The van der Waals surface area contributed by atoms with Crippen molar-refractivity contribution in [3.05, 3.63) is 92.9 Å². The van der Waals surface area contributed by atoms with E-state index in [1.807, 2.05) is 54.1 Å². The Balaban J connectivity index is 2.05. The van der Waals surface area contributed by atoms with Crippen molar-refractivity contribution in [3.8, 4) is 0 Å². The molecule has 0 saturated carbocycles. The number of hydrogen-bond acceptors (Lipinski definition) is 3. The van der Waals surface area contributed by atoms with Gasteiger partial charge in [-0.2, -0.15) is 0 Å². The Hall–Kier alpha value is -3.12. The van der Waals surface area contributed by atoms with Crippen molar-refractivity contribution in [2.24, 2.45) is 5.73 Å². The number of rotatable bonds is 6. The van der Waals surface area contributed by atoms with Crippen LogP contribution in [0.5, 0.6) is 0 Å². The Morgan fingerprint density at radius 1 is 1.19 bits per heavy atom. The highest BCUT2D eigenvalue weighted by atomic mass is 35.5. The summed E-state index contributed by atoms with van der Waals surface area (Å²) in [5, 5.41) is 0.628. The predicted molar refractivity (Wildman–Crippen MR) is 105 cm³/mol. The van der Waals surface area contributed by atoms with Gasteiger partial charge in [-0.3, -0.25) is 9.59 Å². The first-order chi connectivity index (χ1) is 12.9. The number of carbonyl (C=O) groups is 1. The molecular weight excluding hydrogens is 364 g/mol. The number of anilines is 1.